The van der Waals surface area contributed by atoms with Crippen molar-refractivity contribution in [1.82, 2.24) is 20.2 Å². The lowest BCUT2D eigenvalue weighted by molar-refractivity contribution is 0.139. The molecule has 2 aliphatic heterocycles. The molecule has 0 N–H and O–H groups in total. The molecule has 0 unspecified atom stereocenters. The number of fused-ring (bicyclic) bond motifs is 1. The second-order valence-corrected chi connectivity index (χ2v) is 7.63. The highest BCUT2D eigenvalue weighted by Crippen LogP contribution is 2.33. The van der Waals surface area contributed by atoms with E-state index in [9.17, 15) is 9.18 Å². The molecule has 30 heavy (non-hydrogen) atoms. The lowest BCUT2D eigenvalue weighted by atomic mass is 10.00. The molecule has 2 aromatic carbocycles. The molecule has 1 atom stereocenters. The van der Waals surface area contributed by atoms with Crippen LogP contribution in [0.25, 0.3) is 11.1 Å². The van der Waals surface area contributed by atoms with Crippen LogP contribution in [0.1, 0.15) is 24.5 Å². The lowest BCUT2D eigenvalue weighted by Crippen LogP contribution is -2.24. The molecule has 154 valence electrons. The SMILES string of the molecule is CC[C@H]1CN(c2ccc(-c3ccc4c(c3)CN(c3nnnn3C)C4)c(F)c2)C(=O)O1. The van der Waals surface area contributed by atoms with Crippen LogP contribution in [0.3, 0.4) is 0 Å². The van der Waals surface area contributed by atoms with Crippen molar-refractivity contribution in [3.8, 4) is 11.1 Å². The number of tetrazole rings is 1. The van der Waals surface area contributed by atoms with E-state index in [1.54, 1.807) is 23.9 Å². The maximum absolute atomic E-state index is 15.0. The van der Waals surface area contributed by atoms with Crippen LogP contribution in [0.15, 0.2) is 36.4 Å². The number of amides is 1. The van der Waals surface area contributed by atoms with E-state index in [1.807, 2.05) is 25.1 Å². The van der Waals surface area contributed by atoms with Crippen molar-refractivity contribution >= 4 is 17.7 Å². The first-order valence-electron chi connectivity index (χ1n) is 9.90. The number of carbonyl (C=O) groups is 1. The molecule has 1 saturated heterocycles. The van der Waals surface area contributed by atoms with Crippen LogP contribution in [-0.4, -0.2) is 38.9 Å². The second kappa shape index (κ2) is 7.08. The highest BCUT2D eigenvalue weighted by Gasteiger charge is 2.31. The molecule has 0 radical (unpaired) electrons. The minimum Gasteiger partial charge on any atom is -0.444 e. The van der Waals surface area contributed by atoms with Gasteiger partial charge in [0.15, 0.2) is 0 Å². The topological polar surface area (TPSA) is 76.4 Å². The van der Waals surface area contributed by atoms with Crippen LogP contribution in [0.2, 0.25) is 0 Å². The molecule has 5 rings (SSSR count). The predicted octanol–water partition coefficient (Wildman–Crippen LogP) is 3.27. The number of rotatable bonds is 4. The largest absolute Gasteiger partial charge is 0.444 e. The van der Waals surface area contributed by atoms with Crippen molar-refractivity contribution in [2.24, 2.45) is 7.05 Å². The van der Waals surface area contributed by atoms with E-state index in [-0.39, 0.29) is 11.9 Å². The van der Waals surface area contributed by atoms with Gasteiger partial charge in [-0.25, -0.2) is 13.9 Å². The van der Waals surface area contributed by atoms with E-state index < -0.39 is 6.09 Å². The van der Waals surface area contributed by atoms with Crippen molar-refractivity contribution in [2.75, 3.05) is 16.3 Å². The van der Waals surface area contributed by atoms with Crippen LogP contribution in [0.4, 0.5) is 20.8 Å². The van der Waals surface area contributed by atoms with Gasteiger partial charge in [0.1, 0.15) is 11.9 Å². The van der Waals surface area contributed by atoms with Crippen molar-refractivity contribution in [3.63, 3.8) is 0 Å². The number of aromatic nitrogens is 4. The van der Waals surface area contributed by atoms with E-state index in [0.29, 0.717) is 36.8 Å². The Bertz CT molecular complexity index is 1130. The average Bonchev–Trinajstić information content (AvgIpc) is 3.44. The minimum atomic E-state index is -0.426. The predicted molar refractivity (Wildman–Crippen MR) is 108 cm³/mol. The van der Waals surface area contributed by atoms with Crippen molar-refractivity contribution < 1.29 is 13.9 Å². The third-order valence-corrected chi connectivity index (χ3v) is 5.71. The number of hydrogen-bond acceptors (Lipinski definition) is 6. The Hall–Kier alpha value is -3.49. The first kappa shape index (κ1) is 18.5. The van der Waals surface area contributed by atoms with Gasteiger partial charge in [0.05, 0.1) is 12.2 Å². The zero-order chi connectivity index (χ0) is 20.8. The van der Waals surface area contributed by atoms with Crippen LogP contribution in [-0.2, 0) is 24.9 Å². The number of cyclic esters (lactones) is 1. The van der Waals surface area contributed by atoms with E-state index in [2.05, 4.69) is 20.4 Å². The van der Waals surface area contributed by atoms with Gasteiger partial charge in [-0.15, -0.1) is 0 Å². The maximum atomic E-state index is 15.0. The van der Waals surface area contributed by atoms with Crippen molar-refractivity contribution in [3.05, 3.63) is 53.3 Å². The van der Waals surface area contributed by atoms with E-state index in [1.165, 1.54) is 16.5 Å². The second-order valence-electron chi connectivity index (χ2n) is 7.63. The number of carbonyl (C=O) groups excluding carboxylic acids is 1. The summed E-state index contributed by atoms with van der Waals surface area (Å²) < 4.78 is 21.9. The van der Waals surface area contributed by atoms with Gasteiger partial charge in [-0.05, 0) is 57.8 Å². The average molecular weight is 408 g/mol. The van der Waals surface area contributed by atoms with Gasteiger partial charge in [-0.3, -0.25) is 4.90 Å². The fraction of sp³-hybridized carbons (Fsp3) is 0.333. The summed E-state index contributed by atoms with van der Waals surface area (Å²) in [5, 5.41) is 11.6. The molecule has 0 spiro atoms. The molecule has 2 aliphatic rings. The molecule has 3 heterocycles. The van der Waals surface area contributed by atoms with E-state index in [0.717, 1.165) is 17.5 Å². The standard InChI is InChI=1S/C21H21FN6O2/c1-3-17-12-28(21(29)30-17)16-6-7-18(19(22)9-16)13-4-5-14-10-27(11-15(14)8-13)20-23-24-25-26(20)2/h4-9,17H,3,10-12H2,1-2H3/t17-/m0/s1. The Labute approximate surface area is 172 Å². The highest BCUT2D eigenvalue weighted by molar-refractivity contribution is 5.90. The van der Waals surface area contributed by atoms with Crippen molar-refractivity contribution in [2.45, 2.75) is 32.5 Å². The molecule has 1 fully saturated rings. The van der Waals surface area contributed by atoms with Gasteiger partial charge >= 0.3 is 6.09 Å². The van der Waals surface area contributed by atoms with E-state index >= 15 is 0 Å². The van der Waals surface area contributed by atoms with Gasteiger partial charge in [-0.2, -0.15) is 0 Å². The number of halogens is 1. The van der Waals surface area contributed by atoms with Crippen LogP contribution < -0.4 is 9.80 Å². The first-order chi connectivity index (χ1) is 14.5. The summed E-state index contributed by atoms with van der Waals surface area (Å²) in [6.07, 6.45) is 0.160. The Kier molecular flexibility index (Phi) is 4.38. The normalized spacial score (nSPS) is 18.1. The summed E-state index contributed by atoms with van der Waals surface area (Å²) in [5.74, 6) is 0.332. The Morgan fingerprint density at radius 2 is 2.00 bits per heavy atom. The number of aryl methyl sites for hydroxylation is 1. The van der Waals surface area contributed by atoms with Gasteiger partial charge in [0.2, 0.25) is 5.95 Å². The van der Waals surface area contributed by atoms with Gasteiger partial charge in [-0.1, -0.05) is 24.2 Å². The number of benzene rings is 2. The maximum Gasteiger partial charge on any atom is 0.414 e. The minimum absolute atomic E-state index is 0.149. The lowest BCUT2D eigenvalue weighted by Gasteiger charge is -2.14. The molecule has 0 saturated carbocycles. The molecule has 1 aromatic heterocycles. The molecular weight excluding hydrogens is 387 g/mol. The summed E-state index contributed by atoms with van der Waals surface area (Å²) in [4.78, 5) is 15.6. The number of ether oxygens (including phenoxy) is 1. The third kappa shape index (κ3) is 3.06. The summed E-state index contributed by atoms with van der Waals surface area (Å²) in [6.45, 7) is 3.77. The fourth-order valence-electron chi connectivity index (χ4n) is 4.05. The van der Waals surface area contributed by atoms with E-state index in [4.69, 9.17) is 4.74 Å². The number of hydrogen-bond donors (Lipinski definition) is 0. The summed E-state index contributed by atoms with van der Waals surface area (Å²) in [5.41, 5.74) is 4.10. The molecule has 0 aliphatic carbocycles. The van der Waals surface area contributed by atoms with Crippen LogP contribution >= 0.6 is 0 Å². The Balaban J connectivity index is 1.40. The summed E-state index contributed by atoms with van der Waals surface area (Å²) in [7, 11) is 1.81. The third-order valence-electron chi connectivity index (χ3n) is 5.71. The molecule has 0 bridgehead atoms. The summed E-state index contributed by atoms with van der Waals surface area (Å²) >= 11 is 0. The number of anilines is 2. The van der Waals surface area contributed by atoms with Crippen LogP contribution in [0.5, 0.6) is 0 Å². The molecule has 9 heteroatoms. The van der Waals surface area contributed by atoms with Crippen LogP contribution in [0, 0.1) is 5.82 Å². The number of nitrogens with zero attached hydrogens (tertiary/aromatic N) is 6. The van der Waals surface area contributed by atoms with Gasteiger partial charge < -0.3 is 9.64 Å². The zero-order valence-electron chi connectivity index (χ0n) is 16.7. The summed E-state index contributed by atoms with van der Waals surface area (Å²) in [6, 6.07) is 10.8. The van der Waals surface area contributed by atoms with Crippen molar-refractivity contribution in [1.29, 1.82) is 0 Å². The molecular formula is C21H21FN6O2. The molecule has 8 nitrogen and oxygen atoms in total. The monoisotopic (exact) mass is 408 g/mol. The molecule has 3 aromatic rings. The smallest absolute Gasteiger partial charge is 0.414 e. The first-order valence-corrected chi connectivity index (χ1v) is 9.90. The molecule has 1 amide bonds. The fourth-order valence-corrected chi connectivity index (χ4v) is 4.05. The van der Waals surface area contributed by atoms with Gasteiger partial charge in [0, 0.05) is 25.7 Å². The Morgan fingerprint density at radius 1 is 1.17 bits per heavy atom. The quantitative estimate of drug-likeness (QED) is 0.660. The Morgan fingerprint density at radius 3 is 2.70 bits per heavy atom. The van der Waals surface area contributed by atoms with Gasteiger partial charge in [0.25, 0.3) is 0 Å². The highest BCUT2D eigenvalue weighted by atomic mass is 19.1. The zero-order valence-corrected chi connectivity index (χ0v) is 16.7.